The largest absolute Gasteiger partial charge is 0.497 e. The van der Waals surface area contributed by atoms with Gasteiger partial charge in [-0.3, -0.25) is 4.79 Å². The van der Waals surface area contributed by atoms with Gasteiger partial charge in [0.15, 0.2) is 10.7 Å². The fraction of sp³-hybridized carbons (Fsp3) is 0.286. The number of unbranched alkanes of at least 4 members (excludes halogenated alkanes) is 2. The van der Waals surface area contributed by atoms with Gasteiger partial charge >= 0.3 is 0 Å². The predicted molar refractivity (Wildman–Crippen MR) is 115 cm³/mol. The topological polar surface area (TPSA) is 76.4 Å². The number of carbonyl (C=O) groups excluding carboxylic acids is 1. The van der Waals surface area contributed by atoms with E-state index in [1.807, 2.05) is 42.5 Å². The molecular formula is C21H23N3O3S. The summed E-state index contributed by atoms with van der Waals surface area (Å²) in [4.78, 5) is 16.4. The van der Waals surface area contributed by atoms with Crippen molar-refractivity contribution >= 4 is 40.0 Å². The number of nitrogens with one attached hydrogen (secondary N) is 2. The standard InChI is InChI=1S/C21H23N3O3S/c1-3-4-5-9-19(25)24-21(28)22-15-8-6-7-14(12-15)20-23-17-13-16(26-2)10-11-18(17)27-20/h6-8,10-13H,3-5,9H2,1-2H3,(H2,22,24,25,28). The normalized spacial score (nSPS) is 10.6. The van der Waals surface area contributed by atoms with Crippen LogP contribution in [0.2, 0.25) is 0 Å². The Labute approximate surface area is 169 Å². The van der Waals surface area contributed by atoms with Gasteiger partial charge in [-0.1, -0.05) is 25.8 Å². The van der Waals surface area contributed by atoms with Crippen molar-refractivity contribution < 1.29 is 13.9 Å². The molecule has 28 heavy (non-hydrogen) atoms. The van der Waals surface area contributed by atoms with Crippen molar-refractivity contribution in [2.75, 3.05) is 12.4 Å². The van der Waals surface area contributed by atoms with Gasteiger partial charge < -0.3 is 19.8 Å². The summed E-state index contributed by atoms with van der Waals surface area (Å²) in [5.41, 5.74) is 2.96. The van der Waals surface area contributed by atoms with E-state index in [-0.39, 0.29) is 11.0 Å². The summed E-state index contributed by atoms with van der Waals surface area (Å²) < 4.78 is 11.1. The number of thiocarbonyl (C=S) groups is 1. The van der Waals surface area contributed by atoms with Gasteiger partial charge in [0, 0.05) is 23.7 Å². The molecule has 1 amide bonds. The number of anilines is 1. The number of hydrogen-bond donors (Lipinski definition) is 2. The van der Waals surface area contributed by atoms with Crippen molar-refractivity contribution in [1.82, 2.24) is 10.3 Å². The molecule has 0 aliphatic carbocycles. The number of nitrogens with zero attached hydrogens (tertiary/aromatic N) is 1. The lowest BCUT2D eigenvalue weighted by Crippen LogP contribution is -2.33. The first kappa shape index (κ1) is 19.8. The number of oxazole rings is 1. The van der Waals surface area contributed by atoms with Gasteiger partial charge in [0.1, 0.15) is 11.3 Å². The second-order valence-corrected chi connectivity index (χ2v) is 6.80. The first-order valence-corrected chi connectivity index (χ1v) is 9.65. The minimum absolute atomic E-state index is 0.0741. The second-order valence-electron chi connectivity index (χ2n) is 6.39. The Kier molecular flexibility index (Phi) is 6.60. The lowest BCUT2D eigenvalue weighted by molar-refractivity contribution is -0.119. The number of ether oxygens (including phenoxy) is 1. The van der Waals surface area contributed by atoms with E-state index in [0.717, 1.165) is 41.8 Å². The number of hydrogen-bond acceptors (Lipinski definition) is 5. The molecular weight excluding hydrogens is 374 g/mol. The molecule has 0 saturated heterocycles. The molecule has 3 rings (SSSR count). The van der Waals surface area contributed by atoms with Gasteiger partial charge in [-0.05, 0) is 49.0 Å². The summed E-state index contributed by atoms with van der Waals surface area (Å²) in [6.45, 7) is 2.10. The highest BCUT2D eigenvalue weighted by atomic mass is 32.1. The highest BCUT2D eigenvalue weighted by Gasteiger charge is 2.11. The minimum atomic E-state index is -0.0741. The number of methoxy groups -OCH3 is 1. The quantitative estimate of drug-likeness (QED) is 0.436. The zero-order valence-corrected chi connectivity index (χ0v) is 16.8. The monoisotopic (exact) mass is 397 g/mol. The number of fused-ring (bicyclic) bond motifs is 1. The molecule has 1 heterocycles. The maximum atomic E-state index is 11.9. The zero-order valence-electron chi connectivity index (χ0n) is 16.0. The molecule has 0 aliphatic rings. The average molecular weight is 398 g/mol. The van der Waals surface area contributed by atoms with Crippen molar-refractivity contribution in [1.29, 1.82) is 0 Å². The van der Waals surface area contributed by atoms with Crippen molar-refractivity contribution in [2.24, 2.45) is 0 Å². The van der Waals surface area contributed by atoms with Gasteiger partial charge in [-0.15, -0.1) is 0 Å². The lowest BCUT2D eigenvalue weighted by atomic mass is 10.2. The van der Waals surface area contributed by atoms with Crippen molar-refractivity contribution in [3.63, 3.8) is 0 Å². The molecule has 0 spiro atoms. The Morgan fingerprint density at radius 1 is 1.21 bits per heavy atom. The summed E-state index contributed by atoms with van der Waals surface area (Å²) in [7, 11) is 1.61. The van der Waals surface area contributed by atoms with Crippen molar-refractivity contribution in [3.8, 4) is 17.2 Å². The smallest absolute Gasteiger partial charge is 0.227 e. The first-order valence-electron chi connectivity index (χ1n) is 9.25. The summed E-state index contributed by atoms with van der Waals surface area (Å²) in [5, 5.41) is 6.02. The summed E-state index contributed by atoms with van der Waals surface area (Å²) in [6.07, 6.45) is 3.45. The van der Waals surface area contributed by atoms with Crippen LogP contribution < -0.4 is 15.4 Å². The summed E-state index contributed by atoms with van der Waals surface area (Å²) >= 11 is 5.24. The van der Waals surface area contributed by atoms with Gasteiger partial charge in [-0.25, -0.2) is 4.98 Å². The molecule has 0 aliphatic heterocycles. The Bertz CT molecular complexity index is 984. The Balaban J connectivity index is 1.68. The molecule has 0 fully saturated rings. The van der Waals surface area contributed by atoms with Crippen LogP contribution in [-0.2, 0) is 4.79 Å². The Morgan fingerprint density at radius 3 is 2.86 bits per heavy atom. The molecule has 7 heteroatoms. The van der Waals surface area contributed by atoms with Crippen LogP contribution in [0, 0.1) is 0 Å². The SMILES string of the molecule is CCCCCC(=O)NC(=S)Nc1cccc(-c2nc3cc(OC)ccc3o2)c1. The van der Waals surface area contributed by atoms with E-state index in [1.165, 1.54) is 0 Å². The number of rotatable bonds is 7. The van der Waals surface area contributed by atoms with Crippen LogP contribution in [0.25, 0.3) is 22.6 Å². The van der Waals surface area contributed by atoms with Crippen LogP contribution in [0.3, 0.4) is 0 Å². The van der Waals surface area contributed by atoms with Crippen molar-refractivity contribution in [2.45, 2.75) is 32.6 Å². The van der Waals surface area contributed by atoms with E-state index in [0.29, 0.717) is 17.9 Å². The lowest BCUT2D eigenvalue weighted by Gasteiger charge is -2.10. The molecule has 0 radical (unpaired) electrons. The molecule has 0 bridgehead atoms. The first-order chi connectivity index (χ1) is 13.6. The Morgan fingerprint density at radius 2 is 2.07 bits per heavy atom. The van der Waals surface area contributed by atoms with Crippen molar-refractivity contribution in [3.05, 3.63) is 42.5 Å². The van der Waals surface area contributed by atoms with Gasteiger partial charge in [-0.2, -0.15) is 0 Å². The van der Waals surface area contributed by atoms with Crippen LogP contribution in [-0.4, -0.2) is 23.1 Å². The summed E-state index contributed by atoms with van der Waals surface area (Å²) in [6, 6.07) is 13.0. The molecule has 1 aromatic heterocycles. The van der Waals surface area contributed by atoms with Gasteiger partial charge in [0.05, 0.1) is 7.11 Å². The fourth-order valence-corrected chi connectivity index (χ4v) is 3.01. The second kappa shape index (κ2) is 9.32. The third-order valence-corrected chi connectivity index (χ3v) is 4.43. The fourth-order valence-electron chi connectivity index (χ4n) is 2.77. The van der Waals surface area contributed by atoms with Gasteiger partial charge in [0.25, 0.3) is 0 Å². The molecule has 0 saturated carbocycles. The number of carbonyl (C=O) groups is 1. The minimum Gasteiger partial charge on any atom is -0.497 e. The third kappa shape index (κ3) is 5.07. The molecule has 6 nitrogen and oxygen atoms in total. The highest BCUT2D eigenvalue weighted by Crippen LogP contribution is 2.28. The maximum absolute atomic E-state index is 11.9. The highest BCUT2D eigenvalue weighted by molar-refractivity contribution is 7.80. The maximum Gasteiger partial charge on any atom is 0.227 e. The zero-order chi connectivity index (χ0) is 19.9. The Hall–Kier alpha value is -2.93. The molecule has 2 aromatic carbocycles. The van der Waals surface area contributed by atoms with Crippen LogP contribution in [0.4, 0.5) is 5.69 Å². The molecule has 3 aromatic rings. The predicted octanol–water partition coefficient (Wildman–Crippen LogP) is 4.90. The van der Waals surface area contributed by atoms with Crippen LogP contribution in [0.5, 0.6) is 5.75 Å². The van der Waals surface area contributed by atoms with Crippen LogP contribution in [0.1, 0.15) is 32.6 Å². The number of amides is 1. The molecule has 2 N–H and O–H groups in total. The van der Waals surface area contributed by atoms with E-state index < -0.39 is 0 Å². The van der Waals surface area contributed by atoms with Crippen LogP contribution >= 0.6 is 12.2 Å². The summed E-state index contributed by atoms with van der Waals surface area (Å²) in [5.74, 6) is 1.15. The van der Waals surface area contributed by atoms with E-state index >= 15 is 0 Å². The third-order valence-electron chi connectivity index (χ3n) is 4.22. The van der Waals surface area contributed by atoms with E-state index in [1.54, 1.807) is 7.11 Å². The number of aromatic nitrogens is 1. The molecule has 146 valence electrons. The van der Waals surface area contributed by atoms with Gasteiger partial charge in [0.2, 0.25) is 11.8 Å². The average Bonchev–Trinajstić information content (AvgIpc) is 3.11. The molecule has 0 unspecified atom stereocenters. The van der Waals surface area contributed by atoms with E-state index in [4.69, 9.17) is 21.4 Å². The van der Waals surface area contributed by atoms with E-state index in [9.17, 15) is 4.79 Å². The van der Waals surface area contributed by atoms with E-state index in [2.05, 4.69) is 22.5 Å². The molecule has 0 atom stereocenters. The number of benzene rings is 2. The van der Waals surface area contributed by atoms with Crippen LogP contribution in [0.15, 0.2) is 46.9 Å².